The van der Waals surface area contributed by atoms with Crippen molar-refractivity contribution >= 4 is 11.6 Å². The Bertz CT molecular complexity index is 1200. The molecule has 0 aromatic heterocycles. The minimum Gasteiger partial charge on any atom is -0.496 e. The van der Waals surface area contributed by atoms with Crippen molar-refractivity contribution < 1.29 is 27.5 Å². The van der Waals surface area contributed by atoms with Gasteiger partial charge in [-0.3, -0.25) is 4.79 Å². The molecule has 0 aliphatic carbocycles. The van der Waals surface area contributed by atoms with Gasteiger partial charge in [-0.15, -0.1) is 0 Å². The van der Waals surface area contributed by atoms with E-state index in [0.29, 0.717) is 17.9 Å². The molecule has 0 spiro atoms. The highest BCUT2D eigenvalue weighted by Crippen LogP contribution is 2.26. The highest BCUT2D eigenvalue weighted by Gasteiger charge is 2.29. The van der Waals surface area contributed by atoms with Crippen molar-refractivity contribution in [2.75, 3.05) is 13.7 Å². The zero-order valence-electron chi connectivity index (χ0n) is 17.8. The van der Waals surface area contributed by atoms with Gasteiger partial charge in [-0.25, -0.2) is 13.2 Å². The minimum atomic E-state index is -0.773. The predicted molar refractivity (Wildman–Crippen MR) is 117 cm³/mol. The molecule has 0 N–H and O–H groups in total. The Kier molecular flexibility index (Phi) is 6.63. The smallest absolute Gasteiger partial charge is 0.254 e. The van der Waals surface area contributed by atoms with E-state index in [2.05, 4.69) is 5.16 Å². The molecule has 4 rings (SSSR count). The fourth-order valence-electron chi connectivity index (χ4n) is 3.69. The quantitative estimate of drug-likeness (QED) is 0.508. The van der Waals surface area contributed by atoms with Crippen molar-refractivity contribution in [3.8, 4) is 5.75 Å². The number of carbonyl (C=O) groups is 1. The van der Waals surface area contributed by atoms with E-state index in [4.69, 9.17) is 9.57 Å². The molecule has 1 amide bonds. The van der Waals surface area contributed by atoms with Gasteiger partial charge in [0.15, 0.2) is 6.10 Å². The predicted octanol–water partition coefficient (Wildman–Crippen LogP) is 4.95. The first kappa shape index (κ1) is 22.4. The lowest BCUT2D eigenvalue weighted by Gasteiger charge is -2.25. The summed E-state index contributed by atoms with van der Waals surface area (Å²) in [6.45, 7) is -0.0837. The van der Waals surface area contributed by atoms with E-state index in [9.17, 15) is 18.0 Å². The van der Waals surface area contributed by atoms with Crippen LogP contribution in [0.15, 0.2) is 71.9 Å². The summed E-state index contributed by atoms with van der Waals surface area (Å²) in [5.41, 5.74) is 1.67. The van der Waals surface area contributed by atoms with Crippen LogP contribution in [0.2, 0.25) is 0 Å². The normalized spacial score (nSPS) is 15.0. The maximum Gasteiger partial charge on any atom is 0.254 e. The molecular formula is C25H21F3N2O3. The molecule has 0 bridgehead atoms. The summed E-state index contributed by atoms with van der Waals surface area (Å²) >= 11 is 0. The average molecular weight is 454 g/mol. The molecule has 1 unspecified atom stereocenters. The number of nitrogens with zero attached hydrogens (tertiary/aromatic N) is 2. The second-order valence-electron chi connectivity index (χ2n) is 7.60. The maximum absolute atomic E-state index is 14.3. The second-order valence-corrected chi connectivity index (χ2v) is 7.60. The lowest BCUT2D eigenvalue weighted by atomic mass is 10.0. The van der Waals surface area contributed by atoms with Gasteiger partial charge >= 0.3 is 0 Å². The number of rotatable bonds is 7. The highest BCUT2D eigenvalue weighted by atomic mass is 19.1. The zero-order valence-corrected chi connectivity index (χ0v) is 17.8. The monoisotopic (exact) mass is 454 g/mol. The van der Waals surface area contributed by atoms with Crippen LogP contribution in [0.4, 0.5) is 13.2 Å². The molecule has 1 atom stereocenters. The van der Waals surface area contributed by atoms with Gasteiger partial charge in [0.1, 0.15) is 23.2 Å². The van der Waals surface area contributed by atoms with E-state index in [1.54, 1.807) is 7.11 Å². The molecule has 3 aromatic rings. The SMILES string of the molecule is COc1ccccc1C1=NOC(CN(Cc2ccc(F)cc2F)C(=O)c2cccc(F)c2)C1. The number of benzene rings is 3. The Labute approximate surface area is 189 Å². The Morgan fingerprint density at radius 3 is 2.61 bits per heavy atom. The van der Waals surface area contributed by atoms with Crippen LogP contribution >= 0.6 is 0 Å². The van der Waals surface area contributed by atoms with Crippen molar-refractivity contribution in [3.63, 3.8) is 0 Å². The van der Waals surface area contributed by atoms with Gasteiger partial charge in [0.25, 0.3) is 5.91 Å². The fourth-order valence-corrected chi connectivity index (χ4v) is 3.69. The van der Waals surface area contributed by atoms with Crippen LogP contribution in [0.5, 0.6) is 5.75 Å². The summed E-state index contributed by atoms with van der Waals surface area (Å²) in [5.74, 6) is -1.92. The van der Waals surface area contributed by atoms with E-state index in [1.165, 1.54) is 29.2 Å². The van der Waals surface area contributed by atoms with Crippen LogP contribution in [-0.4, -0.2) is 36.3 Å². The van der Waals surface area contributed by atoms with Gasteiger partial charge in [-0.05, 0) is 36.4 Å². The molecule has 5 nitrogen and oxygen atoms in total. The third-order valence-corrected chi connectivity index (χ3v) is 5.31. The van der Waals surface area contributed by atoms with Gasteiger partial charge in [0.2, 0.25) is 0 Å². The Balaban J connectivity index is 1.55. The molecule has 0 saturated carbocycles. The summed E-state index contributed by atoms with van der Waals surface area (Å²) in [6, 6.07) is 15.8. The standard InChI is InChI=1S/C25H21F3N2O3/c1-32-24-8-3-2-7-21(24)23-13-20(33-29-23)15-30(14-17-9-10-19(27)12-22(17)28)25(31)16-5-4-6-18(26)11-16/h2-12,20H,13-15H2,1H3. The summed E-state index contributed by atoms with van der Waals surface area (Å²) in [7, 11) is 1.56. The summed E-state index contributed by atoms with van der Waals surface area (Å²) in [5, 5.41) is 4.15. The zero-order chi connectivity index (χ0) is 23.4. The Hall–Kier alpha value is -3.81. The van der Waals surface area contributed by atoms with Gasteiger partial charge in [-0.2, -0.15) is 0 Å². The summed E-state index contributed by atoms with van der Waals surface area (Å²) < 4.78 is 46.7. The van der Waals surface area contributed by atoms with Crippen molar-refractivity contribution in [1.82, 2.24) is 4.90 Å². The number of hydrogen-bond acceptors (Lipinski definition) is 4. The molecule has 1 aliphatic heterocycles. The number of ether oxygens (including phenoxy) is 1. The number of hydrogen-bond donors (Lipinski definition) is 0. The van der Waals surface area contributed by atoms with Crippen LogP contribution < -0.4 is 4.74 Å². The van der Waals surface area contributed by atoms with E-state index in [1.807, 2.05) is 24.3 Å². The Morgan fingerprint density at radius 1 is 1.06 bits per heavy atom. The molecule has 33 heavy (non-hydrogen) atoms. The van der Waals surface area contributed by atoms with Gasteiger partial charge in [-0.1, -0.05) is 29.4 Å². The number of methoxy groups -OCH3 is 1. The number of carbonyl (C=O) groups excluding carboxylic acids is 1. The summed E-state index contributed by atoms with van der Waals surface area (Å²) in [6.07, 6.45) is -0.120. The summed E-state index contributed by atoms with van der Waals surface area (Å²) in [4.78, 5) is 20.1. The second kappa shape index (κ2) is 9.77. The average Bonchev–Trinajstić information content (AvgIpc) is 3.28. The molecule has 3 aromatic carbocycles. The van der Waals surface area contributed by atoms with Gasteiger partial charge in [0.05, 0.1) is 19.4 Å². The third kappa shape index (κ3) is 5.16. The minimum absolute atomic E-state index is 0.0638. The molecule has 1 heterocycles. The van der Waals surface area contributed by atoms with E-state index in [0.717, 1.165) is 23.8 Å². The van der Waals surface area contributed by atoms with Gasteiger partial charge in [0, 0.05) is 35.7 Å². The molecular weight excluding hydrogens is 433 g/mol. The number of amides is 1. The first-order valence-electron chi connectivity index (χ1n) is 10.3. The molecule has 0 saturated heterocycles. The van der Waals surface area contributed by atoms with E-state index < -0.39 is 29.5 Å². The molecule has 170 valence electrons. The maximum atomic E-state index is 14.3. The lowest BCUT2D eigenvalue weighted by Crippen LogP contribution is -2.37. The number of para-hydroxylation sites is 1. The topological polar surface area (TPSA) is 51.1 Å². The largest absolute Gasteiger partial charge is 0.496 e. The van der Waals surface area contributed by atoms with Crippen LogP contribution in [0, 0.1) is 17.5 Å². The van der Waals surface area contributed by atoms with Crippen LogP contribution in [0.3, 0.4) is 0 Å². The van der Waals surface area contributed by atoms with Crippen LogP contribution in [0.25, 0.3) is 0 Å². The fraction of sp³-hybridized carbons (Fsp3) is 0.200. The molecule has 8 heteroatoms. The van der Waals surface area contributed by atoms with Crippen LogP contribution in [-0.2, 0) is 11.4 Å². The molecule has 0 radical (unpaired) electrons. The third-order valence-electron chi connectivity index (χ3n) is 5.31. The molecule has 1 aliphatic rings. The first-order chi connectivity index (χ1) is 15.9. The lowest BCUT2D eigenvalue weighted by molar-refractivity contribution is 0.0402. The molecule has 0 fully saturated rings. The number of halogens is 3. The van der Waals surface area contributed by atoms with Crippen molar-refractivity contribution in [3.05, 3.63) is 101 Å². The van der Waals surface area contributed by atoms with Crippen molar-refractivity contribution in [1.29, 1.82) is 0 Å². The van der Waals surface area contributed by atoms with Gasteiger partial charge < -0.3 is 14.5 Å². The Morgan fingerprint density at radius 2 is 1.85 bits per heavy atom. The first-order valence-corrected chi connectivity index (χ1v) is 10.3. The van der Waals surface area contributed by atoms with E-state index in [-0.39, 0.29) is 24.2 Å². The van der Waals surface area contributed by atoms with Crippen molar-refractivity contribution in [2.24, 2.45) is 5.16 Å². The number of oxime groups is 1. The van der Waals surface area contributed by atoms with E-state index >= 15 is 0 Å². The van der Waals surface area contributed by atoms with Crippen molar-refractivity contribution in [2.45, 2.75) is 19.1 Å². The van der Waals surface area contributed by atoms with Crippen LogP contribution in [0.1, 0.15) is 27.9 Å². The highest BCUT2D eigenvalue weighted by molar-refractivity contribution is 6.03.